The molecule has 0 unspecified atom stereocenters. The third-order valence-electron chi connectivity index (χ3n) is 8.31. The molecule has 2 atom stereocenters. The van der Waals surface area contributed by atoms with Crippen LogP contribution in [0.25, 0.3) is 10.9 Å². The van der Waals surface area contributed by atoms with Gasteiger partial charge in [-0.25, -0.2) is 8.78 Å². The summed E-state index contributed by atoms with van der Waals surface area (Å²) in [6.07, 6.45) is 5.81. The van der Waals surface area contributed by atoms with Gasteiger partial charge in [-0.3, -0.25) is 14.4 Å². The highest BCUT2D eigenvalue weighted by atomic mass is 19.2. The lowest BCUT2D eigenvalue weighted by Crippen LogP contribution is -2.58. The van der Waals surface area contributed by atoms with Crippen LogP contribution < -0.4 is 5.32 Å². The second-order valence-electron chi connectivity index (χ2n) is 10.8. The van der Waals surface area contributed by atoms with Gasteiger partial charge in [0.25, 0.3) is 5.91 Å². The number of halogens is 2. The maximum Gasteiger partial charge on any atom is 0.270 e. The second kappa shape index (κ2) is 12.9. The Bertz CT molecular complexity index is 1190. The Morgan fingerprint density at radius 3 is 2.28 bits per heavy atom. The fourth-order valence-corrected chi connectivity index (χ4v) is 5.67. The molecule has 39 heavy (non-hydrogen) atoms. The molecule has 2 aromatic rings. The maximum absolute atomic E-state index is 14.0. The van der Waals surface area contributed by atoms with Crippen molar-refractivity contribution in [2.75, 3.05) is 39.9 Å². The SMILES string of the molecule is CC[C@@H](C)C(=O)N[C@H](C(=O)N1CCN(C(=O)c2cc3cc(F)c(F)cc3n2CCOC)CC1)C1CCCCC1. The molecule has 1 aliphatic carbocycles. The molecule has 1 aromatic heterocycles. The number of hydrogen-bond acceptors (Lipinski definition) is 4. The van der Waals surface area contributed by atoms with Gasteiger partial charge in [-0.05, 0) is 37.3 Å². The first-order valence-corrected chi connectivity index (χ1v) is 14.1. The zero-order valence-electron chi connectivity index (χ0n) is 23.2. The average molecular weight is 547 g/mol. The van der Waals surface area contributed by atoms with Crippen LogP contribution in [0.4, 0.5) is 8.78 Å². The van der Waals surface area contributed by atoms with Gasteiger partial charge in [-0.1, -0.05) is 33.1 Å². The molecular weight excluding hydrogens is 506 g/mol. The highest BCUT2D eigenvalue weighted by Gasteiger charge is 2.36. The van der Waals surface area contributed by atoms with Crippen LogP contribution in [0.5, 0.6) is 0 Å². The Balaban J connectivity index is 1.48. The van der Waals surface area contributed by atoms with Crippen LogP contribution in [0.2, 0.25) is 0 Å². The summed E-state index contributed by atoms with van der Waals surface area (Å²) in [6, 6.07) is 3.24. The number of hydrogen-bond donors (Lipinski definition) is 1. The number of ether oxygens (including phenoxy) is 1. The van der Waals surface area contributed by atoms with Gasteiger partial charge < -0.3 is 24.4 Å². The summed E-state index contributed by atoms with van der Waals surface area (Å²) in [5.41, 5.74) is 0.753. The number of piperazine rings is 1. The van der Waals surface area contributed by atoms with E-state index in [1.54, 1.807) is 20.4 Å². The molecule has 2 aliphatic rings. The summed E-state index contributed by atoms with van der Waals surface area (Å²) in [5, 5.41) is 3.50. The Kier molecular flexibility index (Phi) is 9.58. The van der Waals surface area contributed by atoms with E-state index in [1.165, 1.54) is 7.11 Å². The number of carbonyl (C=O) groups is 3. The van der Waals surface area contributed by atoms with Gasteiger partial charge in [-0.2, -0.15) is 0 Å². The van der Waals surface area contributed by atoms with Crippen LogP contribution in [-0.4, -0.2) is 78.0 Å². The molecule has 8 nitrogen and oxygen atoms in total. The van der Waals surface area contributed by atoms with E-state index in [1.807, 2.05) is 13.8 Å². The molecular formula is C29H40F2N4O4. The van der Waals surface area contributed by atoms with Gasteiger partial charge in [0.1, 0.15) is 11.7 Å². The molecule has 10 heteroatoms. The number of nitrogens with zero attached hydrogens (tertiary/aromatic N) is 3. The normalized spacial score (nSPS) is 18.3. The third-order valence-corrected chi connectivity index (χ3v) is 8.31. The van der Waals surface area contributed by atoms with E-state index in [4.69, 9.17) is 4.74 Å². The van der Waals surface area contributed by atoms with Gasteiger partial charge >= 0.3 is 0 Å². The monoisotopic (exact) mass is 546 g/mol. The summed E-state index contributed by atoms with van der Waals surface area (Å²) in [7, 11) is 1.54. The first kappa shape index (κ1) is 29.0. The minimum atomic E-state index is -0.974. The lowest BCUT2D eigenvalue weighted by molar-refractivity contribution is -0.140. The molecule has 0 radical (unpaired) electrons. The van der Waals surface area contributed by atoms with E-state index in [0.717, 1.165) is 44.2 Å². The molecule has 1 aromatic carbocycles. The fraction of sp³-hybridized carbons (Fsp3) is 0.621. The topological polar surface area (TPSA) is 83.9 Å². The number of benzene rings is 1. The largest absolute Gasteiger partial charge is 0.383 e. The van der Waals surface area contributed by atoms with Crippen LogP contribution in [0.3, 0.4) is 0 Å². The van der Waals surface area contributed by atoms with Crippen molar-refractivity contribution < 1.29 is 27.9 Å². The minimum Gasteiger partial charge on any atom is -0.383 e. The van der Waals surface area contributed by atoms with Gasteiger partial charge in [0, 0.05) is 57.2 Å². The first-order chi connectivity index (χ1) is 18.7. The molecule has 3 amide bonds. The van der Waals surface area contributed by atoms with E-state index in [-0.39, 0.29) is 29.6 Å². The van der Waals surface area contributed by atoms with Gasteiger partial charge in [0.15, 0.2) is 11.6 Å². The van der Waals surface area contributed by atoms with E-state index < -0.39 is 17.7 Å². The van der Waals surface area contributed by atoms with E-state index >= 15 is 0 Å². The lowest BCUT2D eigenvalue weighted by atomic mass is 9.83. The Labute approximate surface area is 228 Å². The molecule has 1 saturated carbocycles. The van der Waals surface area contributed by atoms with Crippen LogP contribution in [0, 0.1) is 23.5 Å². The number of carbonyl (C=O) groups excluding carboxylic acids is 3. The van der Waals surface area contributed by atoms with Crippen LogP contribution >= 0.6 is 0 Å². The zero-order valence-corrected chi connectivity index (χ0v) is 23.2. The first-order valence-electron chi connectivity index (χ1n) is 14.1. The van der Waals surface area contributed by atoms with Crippen LogP contribution in [0.1, 0.15) is 62.9 Å². The number of rotatable bonds is 9. The molecule has 2 fully saturated rings. The molecule has 0 bridgehead atoms. The van der Waals surface area contributed by atoms with Gasteiger partial charge in [-0.15, -0.1) is 0 Å². The van der Waals surface area contributed by atoms with Crippen molar-refractivity contribution in [1.82, 2.24) is 19.7 Å². The van der Waals surface area contributed by atoms with Gasteiger partial charge in [0.05, 0.1) is 12.1 Å². The molecule has 4 rings (SSSR count). The second-order valence-corrected chi connectivity index (χ2v) is 10.8. The summed E-state index contributed by atoms with van der Waals surface area (Å²) < 4.78 is 34.7. The van der Waals surface area contributed by atoms with Crippen molar-refractivity contribution in [3.63, 3.8) is 0 Å². The smallest absolute Gasteiger partial charge is 0.270 e. The molecule has 1 saturated heterocycles. The van der Waals surface area contributed by atoms with Crippen molar-refractivity contribution in [2.24, 2.45) is 11.8 Å². The number of fused-ring (bicyclic) bond motifs is 1. The van der Waals surface area contributed by atoms with E-state index in [9.17, 15) is 23.2 Å². The Morgan fingerprint density at radius 1 is 1.00 bits per heavy atom. The summed E-state index contributed by atoms with van der Waals surface area (Å²) in [4.78, 5) is 43.4. The quantitative estimate of drug-likeness (QED) is 0.516. The molecule has 1 N–H and O–H groups in total. The molecule has 2 heterocycles. The van der Waals surface area contributed by atoms with Crippen molar-refractivity contribution >= 4 is 28.6 Å². The highest BCUT2D eigenvalue weighted by Crippen LogP contribution is 2.29. The number of amides is 3. The third kappa shape index (κ3) is 6.42. The van der Waals surface area contributed by atoms with Crippen molar-refractivity contribution in [2.45, 2.75) is 65.0 Å². The number of nitrogens with one attached hydrogen (secondary N) is 1. The lowest BCUT2D eigenvalue weighted by Gasteiger charge is -2.39. The average Bonchev–Trinajstić information content (AvgIpc) is 3.30. The molecule has 1 aliphatic heterocycles. The number of methoxy groups -OCH3 is 1. The number of aromatic nitrogens is 1. The summed E-state index contributed by atoms with van der Waals surface area (Å²) in [5.74, 6) is -2.41. The van der Waals surface area contributed by atoms with Crippen LogP contribution in [-0.2, 0) is 20.9 Å². The standard InChI is InChI=1S/C29H40F2N4O4/c1-4-19(2)27(36)32-26(20-8-6-5-7-9-20)29(38)34-12-10-33(11-13-34)28(37)25-17-21-16-22(30)23(31)18-24(21)35(25)14-15-39-3/h16-20,26H,4-15H2,1-3H3,(H,32,36)/t19-,26+/m1/s1. The fourth-order valence-electron chi connectivity index (χ4n) is 5.67. The maximum atomic E-state index is 14.0. The van der Waals surface area contributed by atoms with Crippen molar-refractivity contribution in [3.8, 4) is 0 Å². The van der Waals surface area contributed by atoms with E-state index in [0.29, 0.717) is 62.3 Å². The minimum absolute atomic E-state index is 0.0780. The molecule has 214 valence electrons. The predicted octanol–water partition coefficient (Wildman–Crippen LogP) is 3.96. The summed E-state index contributed by atoms with van der Waals surface area (Å²) in [6.45, 7) is 5.81. The van der Waals surface area contributed by atoms with Crippen LogP contribution in [0.15, 0.2) is 18.2 Å². The van der Waals surface area contributed by atoms with Crippen molar-refractivity contribution in [1.29, 1.82) is 0 Å². The molecule has 0 spiro atoms. The Hall–Kier alpha value is -3.01. The van der Waals surface area contributed by atoms with Crippen molar-refractivity contribution in [3.05, 3.63) is 35.5 Å². The van der Waals surface area contributed by atoms with E-state index in [2.05, 4.69) is 5.32 Å². The Morgan fingerprint density at radius 2 is 1.64 bits per heavy atom. The van der Waals surface area contributed by atoms with Gasteiger partial charge in [0.2, 0.25) is 11.8 Å². The highest BCUT2D eigenvalue weighted by molar-refractivity contribution is 5.99. The zero-order chi connectivity index (χ0) is 28.1. The predicted molar refractivity (Wildman–Crippen MR) is 144 cm³/mol. The summed E-state index contributed by atoms with van der Waals surface area (Å²) >= 11 is 0.